The van der Waals surface area contributed by atoms with E-state index in [2.05, 4.69) is 4.98 Å². The standard InChI is InChI=1S/C15H15NO/c1-10-5-4-6-14(12(10)3)15(17)13-7-8-16-11(2)9-13/h4-9H,1-3H3. The molecule has 2 heteroatoms. The molecule has 2 nitrogen and oxygen atoms in total. The molecule has 0 fully saturated rings. The van der Waals surface area contributed by atoms with Crippen LogP contribution < -0.4 is 0 Å². The Morgan fingerprint density at radius 1 is 1.12 bits per heavy atom. The highest BCUT2D eigenvalue weighted by atomic mass is 16.1. The largest absolute Gasteiger partial charge is 0.289 e. The summed E-state index contributed by atoms with van der Waals surface area (Å²) in [4.78, 5) is 16.4. The van der Waals surface area contributed by atoms with Gasteiger partial charge >= 0.3 is 0 Å². The summed E-state index contributed by atoms with van der Waals surface area (Å²) in [6, 6.07) is 9.40. The molecule has 86 valence electrons. The van der Waals surface area contributed by atoms with E-state index < -0.39 is 0 Å². The second kappa shape index (κ2) is 4.50. The zero-order valence-electron chi connectivity index (χ0n) is 10.3. The first kappa shape index (κ1) is 11.5. The molecule has 0 aliphatic heterocycles. The van der Waals surface area contributed by atoms with Crippen molar-refractivity contribution in [1.82, 2.24) is 4.98 Å². The quantitative estimate of drug-likeness (QED) is 0.734. The highest BCUT2D eigenvalue weighted by molar-refractivity contribution is 6.10. The van der Waals surface area contributed by atoms with Gasteiger partial charge in [-0.05, 0) is 44.0 Å². The summed E-state index contributed by atoms with van der Waals surface area (Å²) in [7, 11) is 0. The van der Waals surface area contributed by atoms with Crippen LogP contribution in [0.5, 0.6) is 0 Å². The average molecular weight is 225 g/mol. The maximum atomic E-state index is 12.3. The van der Waals surface area contributed by atoms with Crippen LogP contribution in [0.2, 0.25) is 0 Å². The van der Waals surface area contributed by atoms with Crippen LogP contribution in [-0.2, 0) is 0 Å². The van der Waals surface area contributed by atoms with E-state index in [9.17, 15) is 4.79 Å². The van der Waals surface area contributed by atoms with E-state index in [1.807, 2.05) is 45.0 Å². The van der Waals surface area contributed by atoms with E-state index in [0.29, 0.717) is 5.56 Å². The summed E-state index contributed by atoms with van der Waals surface area (Å²) < 4.78 is 0. The number of ketones is 1. The zero-order valence-corrected chi connectivity index (χ0v) is 10.3. The lowest BCUT2D eigenvalue weighted by Crippen LogP contribution is -2.05. The van der Waals surface area contributed by atoms with Crippen LogP contribution in [0.15, 0.2) is 36.5 Å². The Labute approximate surface area is 101 Å². The molecule has 0 N–H and O–H groups in total. The zero-order chi connectivity index (χ0) is 12.4. The number of hydrogen-bond donors (Lipinski definition) is 0. The third-order valence-electron chi connectivity index (χ3n) is 3.01. The average Bonchev–Trinajstić information content (AvgIpc) is 2.32. The van der Waals surface area contributed by atoms with Crippen LogP contribution in [-0.4, -0.2) is 10.8 Å². The summed E-state index contributed by atoms with van der Waals surface area (Å²) in [6.07, 6.45) is 1.67. The minimum Gasteiger partial charge on any atom is -0.289 e. The molecular weight excluding hydrogens is 210 g/mol. The molecule has 2 aromatic rings. The maximum Gasteiger partial charge on any atom is 0.193 e. The number of carbonyl (C=O) groups excluding carboxylic acids is 1. The first-order valence-corrected chi connectivity index (χ1v) is 5.63. The minimum atomic E-state index is 0.0664. The molecule has 0 saturated carbocycles. The van der Waals surface area contributed by atoms with Crippen LogP contribution in [0, 0.1) is 20.8 Å². The molecule has 0 aliphatic rings. The lowest BCUT2D eigenvalue weighted by Gasteiger charge is -2.07. The number of hydrogen-bond acceptors (Lipinski definition) is 2. The molecule has 0 amide bonds. The number of carbonyl (C=O) groups is 1. The fourth-order valence-electron chi connectivity index (χ4n) is 1.84. The second-order valence-corrected chi connectivity index (χ2v) is 4.26. The Hall–Kier alpha value is -1.96. The summed E-state index contributed by atoms with van der Waals surface area (Å²) >= 11 is 0. The summed E-state index contributed by atoms with van der Waals surface area (Å²) in [6.45, 7) is 5.89. The number of aryl methyl sites for hydroxylation is 2. The normalized spacial score (nSPS) is 10.3. The van der Waals surface area contributed by atoms with Crippen LogP contribution in [0.4, 0.5) is 0 Å². The number of benzene rings is 1. The molecule has 0 saturated heterocycles. The molecule has 17 heavy (non-hydrogen) atoms. The van der Waals surface area contributed by atoms with E-state index in [1.54, 1.807) is 12.3 Å². The Morgan fingerprint density at radius 2 is 1.88 bits per heavy atom. The van der Waals surface area contributed by atoms with Crippen molar-refractivity contribution in [3.8, 4) is 0 Å². The van der Waals surface area contributed by atoms with E-state index in [4.69, 9.17) is 0 Å². The third kappa shape index (κ3) is 2.26. The minimum absolute atomic E-state index is 0.0664. The van der Waals surface area contributed by atoms with Gasteiger partial charge in [0.05, 0.1) is 0 Å². The predicted molar refractivity (Wildman–Crippen MR) is 68.3 cm³/mol. The lowest BCUT2D eigenvalue weighted by atomic mass is 9.96. The second-order valence-electron chi connectivity index (χ2n) is 4.26. The summed E-state index contributed by atoms with van der Waals surface area (Å²) in [5, 5.41) is 0. The first-order chi connectivity index (χ1) is 8.09. The molecule has 1 aromatic carbocycles. The van der Waals surface area contributed by atoms with Crippen molar-refractivity contribution in [2.75, 3.05) is 0 Å². The van der Waals surface area contributed by atoms with Crippen molar-refractivity contribution in [2.45, 2.75) is 20.8 Å². The van der Waals surface area contributed by atoms with Gasteiger partial charge in [0, 0.05) is 23.0 Å². The molecule has 0 atom stereocenters. The fourth-order valence-corrected chi connectivity index (χ4v) is 1.84. The first-order valence-electron chi connectivity index (χ1n) is 5.63. The molecular formula is C15H15NO. The SMILES string of the molecule is Cc1cc(C(=O)c2cccc(C)c2C)ccn1. The van der Waals surface area contributed by atoms with Gasteiger partial charge in [-0.2, -0.15) is 0 Å². The van der Waals surface area contributed by atoms with Crippen LogP contribution in [0.25, 0.3) is 0 Å². The number of aromatic nitrogens is 1. The molecule has 0 aliphatic carbocycles. The molecule has 0 radical (unpaired) electrons. The number of pyridine rings is 1. The van der Waals surface area contributed by atoms with Gasteiger partial charge in [0.25, 0.3) is 0 Å². The van der Waals surface area contributed by atoms with Crippen LogP contribution >= 0.6 is 0 Å². The summed E-state index contributed by atoms with van der Waals surface area (Å²) in [5.74, 6) is 0.0664. The van der Waals surface area contributed by atoms with Gasteiger partial charge in [-0.1, -0.05) is 18.2 Å². The van der Waals surface area contributed by atoms with Gasteiger partial charge in [-0.15, -0.1) is 0 Å². The maximum absolute atomic E-state index is 12.3. The summed E-state index contributed by atoms with van der Waals surface area (Å²) in [5.41, 5.74) is 4.52. The Balaban J connectivity index is 2.48. The van der Waals surface area contributed by atoms with Gasteiger partial charge in [-0.3, -0.25) is 9.78 Å². The Kier molecular flexibility index (Phi) is 3.05. The van der Waals surface area contributed by atoms with Crippen molar-refractivity contribution in [1.29, 1.82) is 0 Å². The van der Waals surface area contributed by atoms with Crippen molar-refractivity contribution >= 4 is 5.78 Å². The highest BCUT2D eigenvalue weighted by Crippen LogP contribution is 2.17. The van der Waals surface area contributed by atoms with Crippen molar-refractivity contribution in [2.24, 2.45) is 0 Å². The van der Waals surface area contributed by atoms with E-state index in [-0.39, 0.29) is 5.78 Å². The predicted octanol–water partition coefficient (Wildman–Crippen LogP) is 3.24. The van der Waals surface area contributed by atoms with Crippen LogP contribution in [0.3, 0.4) is 0 Å². The monoisotopic (exact) mass is 225 g/mol. The van der Waals surface area contributed by atoms with Gasteiger partial charge in [0.2, 0.25) is 0 Å². The lowest BCUT2D eigenvalue weighted by molar-refractivity contribution is 0.103. The Bertz CT molecular complexity index is 573. The molecule has 2 rings (SSSR count). The fraction of sp³-hybridized carbons (Fsp3) is 0.200. The number of nitrogens with zero attached hydrogens (tertiary/aromatic N) is 1. The Morgan fingerprint density at radius 3 is 2.59 bits per heavy atom. The molecule has 0 bridgehead atoms. The van der Waals surface area contributed by atoms with Crippen molar-refractivity contribution in [3.63, 3.8) is 0 Å². The van der Waals surface area contributed by atoms with Gasteiger partial charge in [0.1, 0.15) is 0 Å². The van der Waals surface area contributed by atoms with Gasteiger partial charge in [0.15, 0.2) is 5.78 Å². The molecule has 1 heterocycles. The third-order valence-corrected chi connectivity index (χ3v) is 3.01. The topological polar surface area (TPSA) is 30.0 Å². The van der Waals surface area contributed by atoms with E-state index >= 15 is 0 Å². The molecule has 0 unspecified atom stereocenters. The highest BCUT2D eigenvalue weighted by Gasteiger charge is 2.12. The van der Waals surface area contributed by atoms with Crippen molar-refractivity contribution in [3.05, 3.63) is 64.5 Å². The molecule has 0 spiro atoms. The molecule has 1 aromatic heterocycles. The van der Waals surface area contributed by atoms with Gasteiger partial charge in [-0.25, -0.2) is 0 Å². The number of rotatable bonds is 2. The van der Waals surface area contributed by atoms with Crippen molar-refractivity contribution < 1.29 is 4.79 Å². The van der Waals surface area contributed by atoms with E-state index in [0.717, 1.165) is 22.4 Å². The smallest absolute Gasteiger partial charge is 0.193 e. The van der Waals surface area contributed by atoms with E-state index in [1.165, 1.54) is 0 Å². The van der Waals surface area contributed by atoms with Gasteiger partial charge < -0.3 is 0 Å². The van der Waals surface area contributed by atoms with Crippen LogP contribution in [0.1, 0.15) is 32.7 Å².